The number of ether oxygens (including phenoxy) is 3. The summed E-state index contributed by atoms with van der Waals surface area (Å²) in [7, 11) is 0. The van der Waals surface area contributed by atoms with Crippen molar-refractivity contribution < 1.29 is 19.0 Å². The molecule has 2 heterocycles. The highest BCUT2D eigenvalue weighted by Crippen LogP contribution is 2.48. The van der Waals surface area contributed by atoms with E-state index in [2.05, 4.69) is 23.2 Å². The largest absolute Gasteiger partial charge is 0.490 e. The van der Waals surface area contributed by atoms with Crippen LogP contribution in [0.3, 0.4) is 0 Å². The Morgan fingerprint density at radius 3 is 2.68 bits per heavy atom. The minimum absolute atomic E-state index is 0.0542. The fourth-order valence-corrected chi connectivity index (χ4v) is 3.83. The molecule has 3 atom stereocenters. The fourth-order valence-electron chi connectivity index (χ4n) is 3.83. The Kier molecular flexibility index (Phi) is 6.46. The lowest BCUT2D eigenvalue weighted by Gasteiger charge is -2.40. The van der Waals surface area contributed by atoms with E-state index in [9.17, 15) is 4.79 Å². The predicted molar refractivity (Wildman–Crippen MR) is 118 cm³/mol. The molecule has 6 heteroatoms. The van der Waals surface area contributed by atoms with Crippen molar-refractivity contribution in [2.24, 2.45) is 5.92 Å². The van der Waals surface area contributed by atoms with Gasteiger partial charge < -0.3 is 19.1 Å². The van der Waals surface area contributed by atoms with Gasteiger partial charge in [0.05, 0.1) is 25.5 Å². The van der Waals surface area contributed by atoms with Crippen molar-refractivity contribution in [3.05, 3.63) is 59.9 Å². The third-order valence-electron chi connectivity index (χ3n) is 5.74. The van der Waals surface area contributed by atoms with Crippen LogP contribution in [0.2, 0.25) is 0 Å². The van der Waals surface area contributed by atoms with Crippen LogP contribution in [0.5, 0.6) is 5.75 Å². The standard InChI is InChI=1S/C25H32N2O4/c1-25(2,3)31-24(28)27-10-9-21(27)17-30-22-11-19(13-26-14-22)23-12-20(23)16-29-15-18-7-5-4-6-8-18/h4-8,11,13-14,20-21,23H,9-10,12,15-17H2,1-3H3. The first-order valence-corrected chi connectivity index (χ1v) is 11.1. The first-order valence-electron chi connectivity index (χ1n) is 11.1. The van der Waals surface area contributed by atoms with Crippen molar-refractivity contribution in [2.45, 2.75) is 57.8 Å². The number of benzene rings is 1. The highest BCUT2D eigenvalue weighted by molar-refractivity contribution is 5.69. The molecule has 1 aliphatic carbocycles. The molecule has 166 valence electrons. The number of carbonyl (C=O) groups is 1. The highest BCUT2D eigenvalue weighted by Gasteiger charge is 2.39. The fraction of sp³-hybridized carbons (Fsp3) is 0.520. The van der Waals surface area contributed by atoms with Gasteiger partial charge in [0.25, 0.3) is 0 Å². The third kappa shape index (κ3) is 5.97. The molecule has 3 unspecified atom stereocenters. The molecule has 1 saturated carbocycles. The number of amides is 1. The van der Waals surface area contributed by atoms with Crippen LogP contribution < -0.4 is 4.74 Å². The molecule has 0 bridgehead atoms. The molecule has 2 aromatic rings. The second kappa shape index (κ2) is 9.27. The summed E-state index contributed by atoms with van der Waals surface area (Å²) in [6.07, 6.45) is 5.44. The number of aromatic nitrogens is 1. The zero-order chi connectivity index (χ0) is 21.8. The predicted octanol–water partition coefficient (Wildman–Crippen LogP) is 4.79. The Balaban J connectivity index is 1.22. The van der Waals surface area contributed by atoms with E-state index in [-0.39, 0.29) is 12.1 Å². The second-order valence-corrected chi connectivity index (χ2v) is 9.48. The van der Waals surface area contributed by atoms with Crippen molar-refractivity contribution in [3.8, 4) is 5.75 Å². The lowest BCUT2D eigenvalue weighted by molar-refractivity contribution is -0.0141. The molecular formula is C25H32N2O4. The van der Waals surface area contributed by atoms with Crippen molar-refractivity contribution in [3.63, 3.8) is 0 Å². The van der Waals surface area contributed by atoms with Gasteiger partial charge in [-0.3, -0.25) is 4.98 Å². The molecule has 1 aromatic carbocycles. The van der Waals surface area contributed by atoms with Gasteiger partial charge in [-0.1, -0.05) is 30.3 Å². The van der Waals surface area contributed by atoms with Gasteiger partial charge in [0, 0.05) is 12.7 Å². The summed E-state index contributed by atoms with van der Waals surface area (Å²) in [4.78, 5) is 18.4. The van der Waals surface area contributed by atoms with E-state index in [1.807, 2.05) is 45.2 Å². The van der Waals surface area contributed by atoms with Crippen LogP contribution in [0.15, 0.2) is 48.8 Å². The zero-order valence-electron chi connectivity index (χ0n) is 18.6. The molecule has 4 rings (SSSR count). The average molecular weight is 425 g/mol. The summed E-state index contributed by atoms with van der Waals surface area (Å²) in [5, 5.41) is 0. The summed E-state index contributed by atoms with van der Waals surface area (Å²) >= 11 is 0. The number of carbonyl (C=O) groups excluding carboxylic acids is 1. The van der Waals surface area contributed by atoms with Gasteiger partial charge in [-0.2, -0.15) is 0 Å². The van der Waals surface area contributed by atoms with E-state index >= 15 is 0 Å². The van der Waals surface area contributed by atoms with Gasteiger partial charge in [0.15, 0.2) is 0 Å². The highest BCUT2D eigenvalue weighted by atomic mass is 16.6. The molecule has 6 nitrogen and oxygen atoms in total. The summed E-state index contributed by atoms with van der Waals surface area (Å²) in [6, 6.07) is 12.4. The van der Waals surface area contributed by atoms with Gasteiger partial charge in [-0.05, 0) is 62.6 Å². The maximum absolute atomic E-state index is 12.3. The van der Waals surface area contributed by atoms with Crippen molar-refractivity contribution in [1.29, 1.82) is 0 Å². The maximum atomic E-state index is 12.3. The van der Waals surface area contributed by atoms with Crippen molar-refractivity contribution in [1.82, 2.24) is 9.88 Å². The number of rotatable bonds is 8. The summed E-state index contributed by atoms with van der Waals surface area (Å²) in [5.74, 6) is 1.77. The summed E-state index contributed by atoms with van der Waals surface area (Å²) in [5.41, 5.74) is 1.92. The van der Waals surface area contributed by atoms with Crippen LogP contribution >= 0.6 is 0 Å². The lowest BCUT2D eigenvalue weighted by atomic mass is 10.1. The number of likely N-dealkylation sites (tertiary alicyclic amines) is 1. The molecule has 0 N–H and O–H groups in total. The molecule has 2 aliphatic rings. The maximum Gasteiger partial charge on any atom is 0.410 e. The SMILES string of the molecule is CC(C)(C)OC(=O)N1CCC1COc1cncc(C2CC2COCc2ccccc2)c1. The second-order valence-electron chi connectivity index (χ2n) is 9.48. The molecule has 1 aliphatic heterocycles. The quantitative estimate of drug-likeness (QED) is 0.610. The molecule has 0 radical (unpaired) electrons. The van der Waals surface area contributed by atoms with Crippen molar-refractivity contribution in [2.75, 3.05) is 19.8 Å². The number of hydrogen-bond acceptors (Lipinski definition) is 5. The molecule has 1 amide bonds. The topological polar surface area (TPSA) is 60.9 Å². The number of nitrogens with zero attached hydrogens (tertiary/aromatic N) is 2. The zero-order valence-corrected chi connectivity index (χ0v) is 18.6. The minimum Gasteiger partial charge on any atom is -0.490 e. The Labute approximate surface area is 184 Å². The molecule has 1 saturated heterocycles. The van der Waals surface area contributed by atoms with Gasteiger partial charge >= 0.3 is 6.09 Å². The Bertz CT molecular complexity index is 881. The van der Waals surface area contributed by atoms with Crippen molar-refractivity contribution >= 4 is 6.09 Å². The molecule has 0 spiro atoms. The number of pyridine rings is 1. The van der Waals surface area contributed by atoms with E-state index in [4.69, 9.17) is 14.2 Å². The average Bonchev–Trinajstić information content (AvgIpc) is 3.46. The van der Waals surface area contributed by atoms with E-state index in [1.165, 1.54) is 11.1 Å². The van der Waals surface area contributed by atoms with Gasteiger partial charge in [-0.25, -0.2) is 4.79 Å². The van der Waals surface area contributed by atoms with Crippen LogP contribution in [-0.2, 0) is 16.1 Å². The number of hydrogen-bond donors (Lipinski definition) is 0. The van der Waals surface area contributed by atoms with Gasteiger partial charge in [0.2, 0.25) is 0 Å². The molecule has 2 fully saturated rings. The monoisotopic (exact) mass is 424 g/mol. The Hall–Kier alpha value is -2.60. The normalized spacial score (nSPS) is 22.5. The van der Waals surface area contributed by atoms with E-state index in [0.29, 0.717) is 31.6 Å². The molecule has 1 aromatic heterocycles. The van der Waals surface area contributed by atoms with E-state index < -0.39 is 5.60 Å². The van der Waals surface area contributed by atoms with Crippen LogP contribution in [0.25, 0.3) is 0 Å². The first kappa shape index (κ1) is 21.6. The van der Waals surface area contributed by atoms with Gasteiger partial charge in [-0.15, -0.1) is 0 Å². The summed E-state index contributed by atoms with van der Waals surface area (Å²) in [6.45, 7) is 8.23. The van der Waals surface area contributed by atoms with Crippen LogP contribution in [0.1, 0.15) is 50.7 Å². The summed E-state index contributed by atoms with van der Waals surface area (Å²) < 4.78 is 17.3. The first-order chi connectivity index (χ1) is 14.9. The van der Waals surface area contributed by atoms with E-state index in [0.717, 1.165) is 25.2 Å². The van der Waals surface area contributed by atoms with Crippen LogP contribution in [-0.4, -0.2) is 47.4 Å². The third-order valence-corrected chi connectivity index (χ3v) is 5.74. The van der Waals surface area contributed by atoms with Crippen LogP contribution in [0, 0.1) is 5.92 Å². The lowest BCUT2D eigenvalue weighted by Crippen LogP contribution is -2.55. The Morgan fingerprint density at radius 1 is 1.16 bits per heavy atom. The molecular weight excluding hydrogens is 392 g/mol. The van der Waals surface area contributed by atoms with Gasteiger partial charge in [0.1, 0.15) is 18.0 Å². The van der Waals surface area contributed by atoms with Crippen LogP contribution in [0.4, 0.5) is 4.79 Å². The minimum atomic E-state index is -0.484. The van der Waals surface area contributed by atoms with E-state index in [1.54, 1.807) is 11.1 Å². The Morgan fingerprint density at radius 2 is 1.97 bits per heavy atom. The smallest absolute Gasteiger partial charge is 0.410 e. The molecule has 31 heavy (non-hydrogen) atoms.